The molecule has 1 atom stereocenters. The highest BCUT2D eigenvalue weighted by molar-refractivity contribution is 5.88. The van der Waals surface area contributed by atoms with Crippen molar-refractivity contribution < 1.29 is 14.3 Å². The lowest BCUT2D eigenvalue weighted by molar-refractivity contribution is -0.157. The van der Waals surface area contributed by atoms with Crippen LogP contribution in [0.5, 0.6) is 0 Å². The van der Waals surface area contributed by atoms with Crippen molar-refractivity contribution in [3.8, 4) is 0 Å². The van der Waals surface area contributed by atoms with Gasteiger partial charge in [0, 0.05) is 11.6 Å². The maximum atomic E-state index is 13.3. The average Bonchev–Trinajstić information content (AvgIpc) is 3.58. The maximum Gasteiger partial charge on any atom is 0.319 e. The first-order valence-electron chi connectivity index (χ1n) is 9.88. The van der Waals surface area contributed by atoms with Crippen LogP contribution in [0.1, 0.15) is 41.6 Å². The monoisotopic (exact) mass is 385 g/mol. The van der Waals surface area contributed by atoms with E-state index < -0.39 is 18.0 Å². The zero-order chi connectivity index (χ0) is 20.1. The van der Waals surface area contributed by atoms with Crippen LogP contribution >= 0.6 is 0 Å². The Morgan fingerprint density at radius 3 is 1.62 bits per heavy atom. The van der Waals surface area contributed by atoms with Gasteiger partial charge in [-0.2, -0.15) is 0 Å². The summed E-state index contributed by atoms with van der Waals surface area (Å²) in [5.41, 5.74) is 2.33. The first-order valence-corrected chi connectivity index (χ1v) is 9.88. The summed E-state index contributed by atoms with van der Waals surface area (Å²) in [6, 6.07) is 28.4. The molecule has 1 aliphatic carbocycles. The third kappa shape index (κ3) is 4.72. The Morgan fingerprint density at radius 2 is 1.17 bits per heavy atom. The van der Waals surface area contributed by atoms with E-state index in [9.17, 15) is 9.59 Å². The lowest BCUT2D eigenvalue weighted by Gasteiger charge is -2.22. The predicted molar refractivity (Wildman–Crippen MR) is 111 cm³/mol. The molecule has 1 fully saturated rings. The maximum absolute atomic E-state index is 13.3. The van der Waals surface area contributed by atoms with Gasteiger partial charge >= 0.3 is 5.97 Å². The van der Waals surface area contributed by atoms with Crippen molar-refractivity contribution in [2.45, 2.75) is 30.9 Å². The SMILES string of the molecule is O=C(O[C@H](C(=O)NC1CC1)c1ccccc1)C(c1ccccc1)c1ccccc1. The van der Waals surface area contributed by atoms with Gasteiger partial charge in [0.25, 0.3) is 5.91 Å². The quantitative estimate of drug-likeness (QED) is 0.614. The van der Waals surface area contributed by atoms with Gasteiger partial charge in [0.15, 0.2) is 0 Å². The molecule has 0 bridgehead atoms. The molecule has 3 aromatic carbocycles. The summed E-state index contributed by atoms with van der Waals surface area (Å²) in [6.07, 6.45) is 0.967. The lowest BCUT2D eigenvalue weighted by atomic mass is 9.91. The molecule has 0 saturated heterocycles. The highest BCUT2D eigenvalue weighted by Gasteiger charge is 2.33. The van der Waals surface area contributed by atoms with E-state index in [4.69, 9.17) is 4.74 Å². The summed E-state index contributed by atoms with van der Waals surface area (Å²) in [6.45, 7) is 0. The Labute approximate surface area is 170 Å². The Morgan fingerprint density at radius 1 is 0.724 bits per heavy atom. The number of nitrogens with one attached hydrogen (secondary N) is 1. The van der Waals surface area contributed by atoms with Gasteiger partial charge < -0.3 is 10.1 Å². The zero-order valence-corrected chi connectivity index (χ0v) is 16.0. The first kappa shape index (κ1) is 18.9. The van der Waals surface area contributed by atoms with Gasteiger partial charge in [-0.05, 0) is 24.0 Å². The zero-order valence-electron chi connectivity index (χ0n) is 16.0. The third-order valence-corrected chi connectivity index (χ3v) is 5.00. The molecule has 0 aliphatic heterocycles. The van der Waals surface area contributed by atoms with E-state index in [1.165, 1.54) is 0 Å². The van der Waals surface area contributed by atoms with E-state index in [1.54, 1.807) is 0 Å². The van der Waals surface area contributed by atoms with E-state index >= 15 is 0 Å². The van der Waals surface area contributed by atoms with Crippen LogP contribution in [0.3, 0.4) is 0 Å². The van der Waals surface area contributed by atoms with Crippen LogP contribution in [-0.4, -0.2) is 17.9 Å². The number of hydrogen-bond donors (Lipinski definition) is 1. The molecule has 1 saturated carbocycles. The Balaban J connectivity index is 1.64. The molecule has 1 aliphatic rings. The molecule has 29 heavy (non-hydrogen) atoms. The van der Waals surface area contributed by atoms with Crippen molar-refractivity contribution >= 4 is 11.9 Å². The van der Waals surface area contributed by atoms with E-state index in [1.807, 2.05) is 91.0 Å². The number of hydrogen-bond acceptors (Lipinski definition) is 3. The normalized spacial score (nSPS) is 14.2. The number of amides is 1. The summed E-state index contributed by atoms with van der Waals surface area (Å²) < 4.78 is 5.85. The van der Waals surface area contributed by atoms with Crippen LogP contribution in [0, 0.1) is 0 Å². The van der Waals surface area contributed by atoms with E-state index in [0.29, 0.717) is 5.56 Å². The van der Waals surface area contributed by atoms with E-state index in [-0.39, 0.29) is 11.9 Å². The Bertz CT molecular complexity index is 914. The second-order valence-electron chi connectivity index (χ2n) is 7.26. The minimum absolute atomic E-state index is 0.187. The number of esters is 1. The molecule has 4 heteroatoms. The van der Waals surface area contributed by atoms with Gasteiger partial charge in [-0.15, -0.1) is 0 Å². The number of carbonyl (C=O) groups excluding carboxylic acids is 2. The second kappa shape index (κ2) is 8.74. The van der Waals surface area contributed by atoms with Gasteiger partial charge in [-0.25, -0.2) is 0 Å². The van der Waals surface area contributed by atoms with Crippen molar-refractivity contribution in [3.63, 3.8) is 0 Å². The first-order chi connectivity index (χ1) is 14.2. The van der Waals surface area contributed by atoms with Gasteiger partial charge in [0.1, 0.15) is 5.92 Å². The number of benzene rings is 3. The lowest BCUT2D eigenvalue weighted by Crippen LogP contribution is -2.34. The predicted octanol–water partition coefficient (Wildman–Crippen LogP) is 4.38. The molecule has 0 spiro atoms. The molecule has 4 rings (SSSR count). The summed E-state index contributed by atoms with van der Waals surface area (Å²) in [7, 11) is 0. The molecule has 0 aromatic heterocycles. The summed E-state index contributed by atoms with van der Waals surface area (Å²) in [5.74, 6) is -1.31. The molecule has 0 radical (unpaired) electrons. The van der Waals surface area contributed by atoms with Gasteiger partial charge in [0.05, 0.1) is 0 Å². The molecular weight excluding hydrogens is 362 g/mol. The standard InChI is InChI=1S/C25H23NO3/c27-24(26-21-16-17-21)23(20-14-8-3-9-15-20)29-25(28)22(18-10-4-1-5-11-18)19-12-6-2-7-13-19/h1-15,21-23H,16-17H2,(H,26,27)/t23-/m0/s1. The Hall–Kier alpha value is -3.40. The molecule has 1 amide bonds. The molecular formula is C25H23NO3. The highest BCUT2D eigenvalue weighted by atomic mass is 16.5. The van der Waals surface area contributed by atoms with Crippen molar-refractivity contribution in [1.82, 2.24) is 5.32 Å². The van der Waals surface area contributed by atoms with Crippen LogP contribution < -0.4 is 5.32 Å². The molecule has 1 N–H and O–H groups in total. The fourth-order valence-corrected chi connectivity index (χ4v) is 3.35. The molecule has 3 aromatic rings. The molecule has 146 valence electrons. The summed E-state index contributed by atoms with van der Waals surface area (Å²) >= 11 is 0. The molecule has 0 heterocycles. The van der Waals surface area contributed by atoms with Crippen LogP contribution in [0.15, 0.2) is 91.0 Å². The minimum atomic E-state index is -0.973. The number of carbonyl (C=O) groups is 2. The van der Waals surface area contributed by atoms with Gasteiger partial charge in [-0.1, -0.05) is 91.0 Å². The minimum Gasteiger partial charge on any atom is -0.447 e. The third-order valence-electron chi connectivity index (χ3n) is 5.00. The summed E-state index contributed by atoms with van der Waals surface area (Å²) in [5, 5.41) is 2.96. The number of rotatable bonds is 7. The van der Waals surface area contributed by atoms with E-state index in [0.717, 1.165) is 24.0 Å². The van der Waals surface area contributed by atoms with Crippen LogP contribution in [0.25, 0.3) is 0 Å². The average molecular weight is 385 g/mol. The summed E-state index contributed by atoms with van der Waals surface area (Å²) in [4.78, 5) is 26.2. The molecule has 0 unspecified atom stereocenters. The van der Waals surface area contributed by atoms with Crippen molar-refractivity contribution in [2.24, 2.45) is 0 Å². The van der Waals surface area contributed by atoms with Crippen molar-refractivity contribution in [3.05, 3.63) is 108 Å². The largest absolute Gasteiger partial charge is 0.447 e. The highest BCUT2D eigenvalue weighted by Crippen LogP contribution is 2.30. The van der Waals surface area contributed by atoms with Gasteiger partial charge in [-0.3, -0.25) is 9.59 Å². The topological polar surface area (TPSA) is 55.4 Å². The number of ether oxygens (including phenoxy) is 1. The van der Waals surface area contributed by atoms with E-state index in [2.05, 4.69) is 5.32 Å². The van der Waals surface area contributed by atoms with Crippen LogP contribution in [-0.2, 0) is 14.3 Å². The fourth-order valence-electron chi connectivity index (χ4n) is 3.35. The van der Waals surface area contributed by atoms with Crippen LogP contribution in [0.4, 0.5) is 0 Å². The smallest absolute Gasteiger partial charge is 0.319 e. The van der Waals surface area contributed by atoms with Gasteiger partial charge in [0.2, 0.25) is 6.10 Å². The fraction of sp³-hybridized carbons (Fsp3) is 0.200. The Kier molecular flexibility index (Phi) is 5.71. The van der Waals surface area contributed by atoms with Crippen LogP contribution in [0.2, 0.25) is 0 Å². The van der Waals surface area contributed by atoms with Crippen molar-refractivity contribution in [2.75, 3.05) is 0 Å². The second-order valence-corrected chi connectivity index (χ2v) is 7.26. The van der Waals surface area contributed by atoms with Crippen molar-refractivity contribution in [1.29, 1.82) is 0 Å². The molecule has 4 nitrogen and oxygen atoms in total.